The fourth-order valence-electron chi connectivity index (χ4n) is 4.71. The summed E-state index contributed by atoms with van der Waals surface area (Å²) < 4.78 is 2.38. The van der Waals surface area contributed by atoms with Crippen LogP contribution in [0.25, 0.3) is 32.9 Å². The summed E-state index contributed by atoms with van der Waals surface area (Å²) in [6.45, 7) is 13.8. The Kier molecular flexibility index (Phi) is 5.18. The van der Waals surface area contributed by atoms with Gasteiger partial charge in [-0.1, -0.05) is 65.0 Å². The number of aryl methyl sites for hydroxylation is 2. The molecule has 0 saturated carbocycles. The van der Waals surface area contributed by atoms with Crippen LogP contribution in [0.1, 0.15) is 51.3 Å². The van der Waals surface area contributed by atoms with Crippen molar-refractivity contribution >= 4 is 21.7 Å². The van der Waals surface area contributed by atoms with Crippen molar-refractivity contribution in [3.8, 4) is 11.3 Å². The number of aromatic nitrogens is 1. The number of pyridine rings is 1. The van der Waals surface area contributed by atoms with Crippen LogP contribution in [0, 0.1) is 12.8 Å². The van der Waals surface area contributed by atoms with Crippen molar-refractivity contribution in [1.29, 1.82) is 0 Å². The predicted molar refractivity (Wildman–Crippen MR) is 130 cm³/mol. The molecule has 1 heterocycles. The Morgan fingerprint density at radius 2 is 1.53 bits per heavy atom. The number of hydrogen-bond acceptors (Lipinski definition) is 0. The Morgan fingerprint density at radius 1 is 0.867 bits per heavy atom. The molecule has 30 heavy (non-hydrogen) atoms. The number of nitrogens with zero attached hydrogens (tertiary/aromatic N) is 1. The molecule has 0 aliphatic heterocycles. The number of fused-ring (bicyclic) bond motifs is 2. The zero-order valence-corrected chi connectivity index (χ0v) is 19.5. The Bertz CT molecular complexity index is 1240. The fourth-order valence-corrected chi connectivity index (χ4v) is 4.71. The van der Waals surface area contributed by atoms with Gasteiger partial charge in [-0.3, -0.25) is 0 Å². The summed E-state index contributed by atoms with van der Waals surface area (Å²) in [4.78, 5) is 0. The number of hydrogen-bond donors (Lipinski definition) is 0. The van der Waals surface area contributed by atoms with Crippen LogP contribution in [-0.4, -0.2) is 0 Å². The van der Waals surface area contributed by atoms with E-state index in [1.807, 2.05) is 0 Å². The summed E-state index contributed by atoms with van der Waals surface area (Å²) in [6.07, 6.45) is 1.11. The molecule has 0 spiro atoms. The monoisotopic (exact) mass is 396 g/mol. The smallest absolute Gasteiger partial charge is 0.194 e. The van der Waals surface area contributed by atoms with Crippen LogP contribution in [0.3, 0.4) is 0 Å². The molecule has 0 aliphatic rings. The van der Waals surface area contributed by atoms with E-state index in [4.69, 9.17) is 0 Å². The first-order valence-corrected chi connectivity index (χ1v) is 11.1. The zero-order valence-electron chi connectivity index (χ0n) is 19.5. The SMILES string of the molecule is Cc1c(-c2ccc3ccc(CC(C)C)cc3[n+]2C)cc(C(C)(C)C)c2ccccc12. The second-order valence-electron chi connectivity index (χ2n) is 10.2. The third-order valence-corrected chi connectivity index (χ3v) is 6.28. The second-order valence-corrected chi connectivity index (χ2v) is 10.2. The molecule has 0 radical (unpaired) electrons. The van der Waals surface area contributed by atoms with Gasteiger partial charge in [0.15, 0.2) is 0 Å². The molecule has 4 aromatic rings. The van der Waals surface area contributed by atoms with E-state index in [2.05, 4.69) is 114 Å². The maximum absolute atomic E-state index is 2.43. The highest BCUT2D eigenvalue weighted by molar-refractivity contribution is 5.94. The van der Waals surface area contributed by atoms with Crippen LogP contribution < -0.4 is 4.57 Å². The predicted octanol–water partition coefficient (Wildman–Crippen LogP) is 7.29. The Hall–Kier alpha value is -2.67. The van der Waals surface area contributed by atoms with E-state index in [9.17, 15) is 0 Å². The van der Waals surface area contributed by atoms with Crippen molar-refractivity contribution in [3.05, 3.63) is 77.4 Å². The van der Waals surface area contributed by atoms with E-state index in [-0.39, 0.29) is 5.41 Å². The van der Waals surface area contributed by atoms with Gasteiger partial charge in [-0.05, 0) is 70.3 Å². The molecule has 0 unspecified atom stereocenters. The standard InChI is InChI=1S/C29H34N/c1-19(2)16-21-12-13-22-14-15-27(30(7)28(22)17-21)25-18-26(29(4,5)6)24-11-9-8-10-23(24)20(25)3/h8-15,17-19H,16H2,1-7H3/q+1. The van der Waals surface area contributed by atoms with Crippen LogP contribution in [0.5, 0.6) is 0 Å². The highest BCUT2D eigenvalue weighted by atomic mass is 14.9. The van der Waals surface area contributed by atoms with Crippen molar-refractivity contribution in [1.82, 2.24) is 0 Å². The molecule has 3 aromatic carbocycles. The Morgan fingerprint density at radius 3 is 2.20 bits per heavy atom. The van der Waals surface area contributed by atoms with E-state index in [1.165, 1.54) is 49.6 Å². The van der Waals surface area contributed by atoms with E-state index in [1.54, 1.807) is 0 Å². The molecule has 0 saturated heterocycles. The number of benzene rings is 3. The normalized spacial score (nSPS) is 12.3. The maximum Gasteiger partial charge on any atom is 0.213 e. The molecular weight excluding hydrogens is 362 g/mol. The van der Waals surface area contributed by atoms with E-state index in [0.717, 1.165) is 6.42 Å². The second kappa shape index (κ2) is 7.54. The Balaban J connectivity index is 2.00. The summed E-state index contributed by atoms with van der Waals surface area (Å²) in [6, 6.07) is 22.8. The van der Waals surface area contributed by atoms with Crippen LogP contribution in [-0.2, 0) is 18.9 Å². The molecule has 154 valence electrons. The van der Waals surface area contributed by atoms with Crippen LogP contribution >= 0.6 is 0 Å². The fraction of sp³-hybridized carbons (Fsp3) is 0.345. The van der Waals surface area contributed by atoms with Crippen LogP contribution in [0.15, 0.2) is 60.7 Å². The summed E-state index contributed by atoms with van der Waals surface area (Å²) in [5.41, 5.74) is 8.17. The Labute approximate surface area is 181 Å². The minimum absolute atomic E-state index is 0.0852. The summed E-state index contributed by atoms with van der Waals surface area (Å²) in [5, 5.41) is 4.02. The van der Waals surface area contributed by atoms with Crippen molar-refractivity contribution in [2.24, 2.45) is 13.0 Å². The minimum Gasteiger partial charge on any atom is -0.194 e. The average molecular weight is 397 g/mol. The zero-order chi connectivity index (χ0) is 21.6. The minimum atomic E-state index is 0.0852. The number of rotatable bonds is 3. The summed E-state index contributed by atoms with van der Waals surface area (Å²) in [7, 11) is 2.21. The first-order chi connectivity index (χ1) is 14.2. The molecule has 0 aliphatic carbocycles. The van der Waals surface area contributed by atoms with Gasteiger partial charge < -0.3 is 0 Å². The van der Waals surface area contributed by atoms with Crippen LogP contribution in [0.4, 0.5) is 0 Å². The average Bonchev–Trinajstić information content (AvgIpc) is 2.68. The lowest BCUT2D eigenvalue weighted by atomic mass is 9.80. The summed E-state index contributed by atoms with van der Waals surface area (Å²) >= 11 is 0. The highest BCUT2D eigenvalue weighted by Gasteiger charge is 2.23. The molecule has 1 aromatic heterocycles. The molecule has 0 amide bonds. The van der Waals surface area contributed by atoms with Gasteiger partial charge in [-0.2, -0.15) is 4.57 Å². The van der Waals surface area contributed by atoms with Crippen molar-refractivity contribution in [2.75, 3.05) is 0 Å². The third-order valence-electron chi connectivity index (χ3n) is 6.28. The maximum atomic E-state index is 2.43. The topological polar surface area (TPSA) is 3.88 Å². The van der Waals surface area contributed by atoms with Crippen molar-refractivity contribution in [2.45, 2.75) is 53.4 Å². The summed E-state index contributed by atoms with van der Waals surface area (Å²) in [5.74, 6) is 0.660. The quantitative estimate of drug-likeness (QED) is 0.320. The van der Waals surface area contributed by atoms with Crippen molar-refractivity contribution < 1.29 is 4.57 Å². The first kappa shape index (κ1) is 20.6. The first-order valence-electron chi connectivity index (χ1n) is 11.1. The lowest BCUT2D eigenvalue weighted by Gasteiger charge is -2.24. The van der Waals surface area contributed by atoms with Gasteiger partial charge in [-0.25, -0.2) is 0 Å². The molecule has 0 bridgehead atoms. The van der Waals surface area contributed by atoms with Gasteiger partial charge in [0.05, 0.1) is 0 Å². The molecule has 0 N–H and O–H groups in total. The largest absolute Gasteiger partial charge is 0.213 e. The molecule has 0 fully saturated rings. The lowest BCUT2D eigenvalue weighted by molar-refractivity contribution is -0.633. The van der Waals surface area contributed by atoms with E-state index >= 15 is 0 Å². The highest BCUT2D eigenvalue weighted by Crippen LogP contribution is 2.37. The molecule has 1 nitrogen and oxygen atoms in total. The van der Waals surface area contributed by atoms with Gasteiger partial charge in [0.2, 0.25) is 11.2 Å². The third kappa shape index (κ3) is 3.62. The van der Waals surface area contributed by atoms with Gasteiger partial charge in [0.1, 0.15) is 7.05 Å². The molecule has 0 atom stereocenters. The van der Waals surface area contributed by atoms with Gasteiger partial charge in [0.25, 0.3) is 0 Å². The van der Waals surface area contributed by atoms with Gasteiger partial charge in [-0.15, -0.1) is 0 Å². The molecule has 4 rings (SSSR count). The lowest BCUT2D eigenvalue weighted by Crippen LogP contribution is -2.32. The van der Waals surface area contributed by atoms with Gasteiger partial charge >= 0.3 is 0 Å². The van der Waals surface area contributed by atoms with E-state index in [0.29, 0.717) is 5.92 Å². The van der Waals surface area contributed by atoms with E-state index < -0.39 is 0 Å². The van der Waals surface area contributed by atoms with Crippen LogP contribution in [0.2, 0.25) is 0 Å². The molecule has 1 heteroatoms. The van der Waals surface area contributed by atoms with Crippen molar-refractivity contribution in [3.63, 3.8) is 0 Å². The molecular formula is C29H34N+. The van der Waals surface area contributed by atoms with Gasteiger partial charge in [0, 0.05) is 23.1 Å².